The third-order valence-electron chi connectivity index (χ3n) is 4.82. The van der Waals surface area contributed by atoms with Crippen LogP contribution in [0.25, 0.3) is 0 Å². The Bertz CT molecular complexity index is 973. The molecule has 1 aliphatic heterocycles. The van der Waals surface area contributed by atoms with E-state index in [-0.39, 0.29) is 10.5 Å². The van der Waals surface area contributed by atoms with E-state index >= 15 is 0 Å². The van der Waals surface area contributed by atoms with Crippen molar-refractivity contribution >= 4 is 43.2 Å². The average Bonchev–Trinajstić information content (AvgIpc) is 2.68. The van der Waals surface area contributed by atoms with Gasteiger partial charge in [-0.05, 0) is 52.8 Å². The van der Waals surface area contributed by atoms with Gasteiger partial charge in [0.05, 0.1) is 21.8 Å². The van der Waals surface area contributed by atoms with Crippen molar-refractivity contribution in [2.24, 2.45) is 5.14 Å². The molecule has 1 heterocycles. The number of benzene rings is 2. The molecule has 0 spiro atoms. The largest absolute Gasteiger partial charge is 0.367 e. The molecule has 0 bridgehead atoms. The van der Waals surface area contributed by atoms with Crippen LogP contribution in [-0.4, -0.2) is 51.9 Å². The minimum absolute atomic E-state index is 0.107. The number of nitrogens with one attached hydrogen (secondary N) is 1. The average molecular weight is 467 g/mol. The Kier molecular flexibility index (Phi) is 6.39. The number of halogens is 1. The summed E-state index contributed by atoms with van der Waals surface area (Å²) in [5, 5.41) is 8.10. The second-order valence-electron chi connectivity index (χ2n) is 6.58. The molecule has 3 N–H and O–H groups in total. The van der Waals surface area contributed by atoms with Crippen molar-refractivity contribution in [3.05, 3.63) is 52.5 Å². The van der Waals surface area contributed by atoms with E-state index in [1.54, 1.807) is 0 Å². The normalized spacial score (nSPS) is 15.5. The summed E-state index contributed by atoms with van der Waals surface area (Å²) in [4.78, 5) is 17.4. The highest BCUT2D eigenvalue weighted by atomic mass is 79.9. The maximum Gasteiger partial charge on any atom is 0.256 e. The minimum Gasteiger partial charge on any atom is -0.367 e. The van der Waals surface area contributed by atoms with Crippen molar-refractivity contribution in [3.8, 4) is 0 Å². The third-order valence-corrected chi connectivity index (χ3v) is 6.43. The van der Waals surface area contributed by atoms with Crippen molar-refractivity contribution < 1.29 is 13.2 Å². The first-order chi connectivity index (χ1) is 13.3. The van der Waals surface area contributed by atoms with Gasteiger partial charge in [0.25, 0.3) is 5.91 Å². The van der Waals surface area contributed by atoms with E-state index in [2.05, 4.69) is 38.0 Å². The van der Waals surface area contributed by atoms with Gasteiger partial charge in [0.1, 0.15) is 0 Å². The number of nitrogens with two attached hydrogens (primary N) is 1. The molecule has 1 amide bonds. The van der Waals surface area contributed by atoms with Gasteiger partial charge in [-0.2, -0.15) is 0 Å². The monoisotopic (exact) mass is 466 g/mol. The van der Waals surface area contributed by atoms with E-state index in [4.69, 9.17) is 5.14 Å². The number of primary sulfonamides is 1. The summed E-state index contributed by atoms with van der Waals surface area (Å²) in [6, 6.07) is 11.8. The zero-order valence-electron chi connectivity index (χ0n) is 15.6. The molecule has 0 saturated carbocycles. The molecule has 1 saturated heterocycles. The number of sulfonamides is 1. The molecule has 9 heteroatoms. The fourth-order valence-corrected chi connectivity index (χ4v) is 4.17. The minimum atomic E-state index is -3.90. The lowest BCUT2D eigenvalue weighted by molar-refractivity contribution is 0.102. The molecule has 1 aliphatic rings. The molecule has 28 heavy (non-hydrogen) atoms. The van der Waals surface area contributed by atoms with Gasteiger partial charge in [-0.15, -0.1) is 0 Å². The van der Waals surface area contributed by atoms with Crippen LogP contribution in [0.4, 0.5) is 11.4 Å². The van der Waals surface area contributed by atoms with Gasteiger partial charge < -0.3 is 15.1 Å². The Morgan fingerprint density at radius 2 is 1.82 bits per heavy atom. The van der Waals surface area contributed by atoms with Crippen LogP contribution < -0.4 is 15.4 Å². The Labute approximate surface area is 173 Å². The summed E-state index contributed by atoms with van der Waals surface area (Å²) in [5.41, 5.74) is 1.84. The molecule has 0 aromatic heterocycles. The summed E-state index contributed by atoms with van der Waals surface area (Å²) in [7, 11) is -3.90. The molecule has 7 nitrogen and oxygen atoms in total. The van der Waals surface area contributed by atoms with Gasteiger partial charge in [0, 0.05) is 30.7 Å². The Morgan fingerprint density at radius 1 is 1.14 bits per heavy atom. The highest BCUT2D eigenvalue weighted by Gasteiger charge is 2.20. The molecular formula is C19H23BrN4O3S. The van der Waals surface area contributed by atoms with Crippen LogP contribution in [-0.2, 0) is 10.0 Å². The molecular weight excluding hydrogens is 444 g/mol. The molecule has 1 fully saturated rings. The van der Waals surface area contributed by atoms with Crippen LogP contribution in [0, 0.1) is 0 Å². The highest BCUT2D eigenvalue weighted by molar-refractivity contribution is 9.10. The van der Waals surface area contributed by atoms with E-state index in [1.807, 2.05) is 24.3 Å². The molecule has 2 aromatic carbocycles. The third kappa shape index (κ3) is 4.72. The SMILES string of the molecule is CCN1CCN(c2ccccc2NC(=O)c2cc(S(N)(=O)=O)ccc2Br)CC1. The zero-order chi connectivity index (χ0) is 20.3. The Balaban J connectivity index is 1.84. The number of amides is 1. The van der Waals surface area contributed by atoms with Crippen LogP contribution in [0.3, 0.4) is 0 Å². The maximum absolute atomic E-state index is 12.8. The summed E-state index contributed by atoms with van der Waals surface area (Å²) >= 11 is 3.31. The predicted octanol–water partition coefficient (Wildman–Crippen LogP) is 2.49. The van der Waals surface area contributed by atoms with E-state index in [0.717, 1.165) is 38.4 Å². The number of hydrogen-bond acceptors (Lipinski definition) is 5. The lowest BCUT2D eigenvalue weighted by Crippen LogP contribution is -2.46. The van der Waals surface area contributed by atoms with Crippen molar-refractivity contribution in [2.75, 3.05) is 42.9 Å². The Morgan fingerprint density at radius 3 is 2.46 bits per heavy atom. The highest BCUT2D eigenvalue weighted by Crippen LogP contribution is 2.28. The van der Waals surface area contributed by atoms with E-state index in [0.29, 0.717) is 10.2 Å². The summed E-state index contributed by atoms with van der Waals surface area (Å²) in [5.74, 6) is -0.406. The quantitative estimate of drug-likeness (QED) is 0.705. The van der Waals surface area contributed by atoms with Crippen LogP contribution in [0.15, 0.2) is 51.8 Å². The summed E-state index contributed by atoms with van der Waals surface area (Å²) in [6.07, 6.45) is 0. The first kappa shape index (κ1) is 20.8. The molecule has 150 valence electrons. The van der Waals surface area contributed by atoms with Gasteiger partial charge in [-0.25, -0.2) is 13.6 Å². The van der Waals surface area contributed by atoms with E-state index < -0.39 is 15.9 Å². The van der Waals surface area contributed by atoms with Crippen molar-refractivity contribution in [1.29, 1.82) is 0 Å². The fourth-order valence-electron chi connectivity index (χ4n) is 3.21. The van der Waals surface area contributed by atoms with Gasteiger partial charge in [-0.3, -0.25) is 4.79 Å². The number of rotatable bonds is 5. The lowest BCUT2D eigenvalue weighted by atomic mass is 10.1. The number of piperazine rings is 1. The number of anilines is 2. The standard InChI is InChI=1S/C19H23BrN4O3S/c1-2-23-9-11-24(12-10-23)18-6-4-3-5-17(18)22-19(25)15-13-14(28(21,26)27)7-8-16(15)20/h3-8,13H,2,9-12H2,1H3,(H,22,25)(H2,21,26,27). The van der Waals surface area contributed by atoms with Crippen molar-refractivity contribution in [1.82, 2.24) is 4.90 Å². The first-order valence-electron chi connectivity index (χ1n) is 8.99. The smallest absolute Gasteiger partial charge is 0.256 e. The molecule has 0 unspecified atom stereocenters. The van der Waals surface area contributed by atoms with Crippen LogP contribution >= 0.6 is 15.9 Å². The van der Waals surface area contributed by atoms with E-state index in [9.17, 15) is 13.2 Å². The molecule has 0 aliphatic carbocycles. The fraction of sp³-hybridized carbons (Fsp3) is 0.316. The Hall–Kier alpha value is -1.94. The van der Waals surface area contributed by atoms with Crippen molar-refractivity contribution in [3.63, 3.8) is 0 Å². The molecule has 0 atom stereocenters. The lowest BCUT2D eigenvalue weighted by Gasteiger charge is -2.36. The van der Waals surface area contributed by atoms with Crippen molar-refractivity contribution in [2.45, 2.75) is 11.8 Å². The zero-order valence-corrected chi connectivity index (χ0v) is 18.0. The van der Waals surface area contributed by atoms with Crippen LogP contribution in [0.5, 0.6) is 0 Å². The maximum atomic E-state index is 12.8. The number of carbonyl (C=O) groups excluding carboxylic acids is 1. The van der Waals surface area contributed by atoms with E-state index in [1.165, 1.54) is 18.2 Å². The first-order valence-corrected chi connectivity index (χ1v) is 11.3. The van der Waals surface area contributed by atoms with Gasteiger partial charge in [-0.1, -0.05) is 19.1 Å². The predicted molar refractivity (Wildman–Crippen MR) is 114 cm³/mol. The number of carbonyl (C=O) groups is 1. The summed E-state index contributed by atoms with van der Waals surface area (Å²) in [6.45, 7) is 6.89. The van der Waals surface area contributed by atoms with Gasteiger partial charge in [0.15, 0.2) is 0 Å². The molecule has 0 radical (unpaired) electrons. The molecule has 3 rings (SSSR count). The number of hydrogen-bond donors (Lipinski definition) is 2. The van der Waals surface area contributed by atoms with Gasteiger partial charge in [0.2, 0.25) is 10.0 Å². The topological polar surface area (TPSA) is 95.7 Å². The number of para-hydroxylation sites is 2. The van der Waals surface area contributed by atoms with Crippen LogP contribution in [0.2, 0.25) is 0 Å². The molecule has 2 aromatic rings. The summed E-state index contributed by atoms with van der Waals surface area (Å²) < 4.78 is 23.7. The van der Waals surface area contributed by atoms with Crippen LogP contribution in [0.1, 0.15) is 17.3 Å². The van der Waals surface area contributed by atoms with Gasteiger partial charge >= 0.3 is 0 Å². The number of nitrogens with zero attached hydrogens (tertiary/aromatic N) is 2. The number of likely N-dealkylation sites (N-methyl/N-ethyl adjacent to an activating group) is 1. The second-order valence-corrected chi connectivity index (χ2v) is 9.00. The second kappa shape index (κ2) is 8.60.